The summed E-state index contributed by atoms with van der Waals surface area (Å²) in [6.45, 7) is 5.40. The molecule has 2 aliphatic rings. The van der Waals surface area contributed by atoms with Gasteiger partial charge in [0.05, 0.1) is 19.8 Å². The van der Waals surface area contributed by atoms with E-state index in [0.29, 0.717) is 43.3 Å². The van der Waals surface area contributed by atoms with Crippen LogP contribution in [0, 0.1) is 5.82 Å². The minimum atomic E-state index is -3.46. The van der Waals surface area contributed by atoms with Crippen molar-refractivity contribution in [2.45, 2.75) is 30.4 Å². The summed E-state index contributed by atoms with van der Waals surface area (Å²) in [5, 5.41) is 57.2. The van der Waals surface area contributed by atoms with Gasteiger partial charge >= 0.3 is 0 Å². The summed E-state index contributed by atoms with van der Waals surface area (Å²) in [4.78, 5) is 40.5. The molecule has 0 radical (unpaired) electrons. The number of carbonyl (C=O) groups is 3. The molecule has 2 aliphatic heterocycles. The number of morpholine rings is 1. The molecule has 1 aromatic carbocycles. The number of nitrogens with one attached hydrogen (secondary N) is 2. The number of benzene rings is 1. The number of hydrogen-bond donors (Lipinski definition) is 7. The van der Waals surface area contributed by atoms with Crippen molar-refractivity contribution in [2.24, 2.45) is 0 Å². The van der Waals surface area contributed by atoms with Gasteiger partial charge in [-0.25, -0.2) is 4.39 Å². The molecule has 2 fully saturated rings. The second-order valence-electron chi connectivity index (χ2n) is 10.3. The Balaban J connectivity index is 1.98. The van der Waals surface area contributed by atoms with Gasteiger partial charge in [-0.15, -0.1) is 0 Å². The molecule has 0 spiro atoms. The van der Waals surface area contributed by atoms with Gasteiger partial charge in [0.15, 0.2) is 20.0 Å². The molecule has 2 atom stereocenters. The van der Waals surface area contributed by atoms with Gasteiger partial charge in [0.1, 0.15) is 31.0 Å². The lowest BCUT2D eigenvalue weighted by Gasteiger charge is -2.42. The van der Waals surface area contributed by atoms with Crippen LogP contribution in [0.2, 0.25) is 0 Å². The number of likely N-dealkylation sites (N-methyl/N-ethyl adjacent to an activating group) is 1. The lowest BCUT2D eigenvalue weighted by atomic mass is 9.68. The molecule has 1 aromatic rings. The van der Waals surface area contributed by atoms with Crippen molar-refractivity contribution in [1.29, 1.82) is 0 Å². The lowest BCUT2D eigenvalue weighted by molar-refractivity contribution is -0.235. The number of hydrogen-bond acceptors (Lipinski definition) is 11. The van der Waals surface area contributed by atoms with Crippen molar-refractivity contribution in [3.63, 3.8) is 0 Å². The summed E-state index contributed by atoms with van der Waals surface area (Å²) in [6, 6.07) is 2.80. The molecule has 2 saturated heterocycles. The molecule has 3 rings (SSSR count). The van der Waals surface area contributed by atoms with Crippen LogP contribution in [0.15, 0.2) is 53.0 Å². The second-order valence-corrected chi connectivity index (χ2v) is 10.3. The van der Waals surface area contributed by atoms with Crippen LogP contribution in [-0.4, -0.2) is 126 Å². The first kappa shape index (κ1) is 32.8. The first-order valence-electron chi connectivity index (χ1n) is 13.2. The van der Waals surface area contributed by atoms with E-state index in [2.05, 4.69) is 22.1 Å². The Morgan fingerprint density at radius 3 is 2.43 bits per heavy atom. The minimum Gasteiger partial charge on any atom is -0.509 e. The van der Waals surface area contributed by atoms with E-state index in [1.54, 1.807) is 12.1 Å². The normalized spacial score (nSPS) is 20.9. The van der Waals surface area contributed by atoms with Crippen LogP contribution in [-0.2, 0) is 32.2 Å². The van der Waals surface area contributed by atoms with E-state index in [1.807, 2.05) is 0 Å². The van der Waals surface area contributed by atoms with Crippen LogP contribution in [0.25, 0.3) is 0 Å². The monoisotopic (exact) mass is 588 g/mol. The summed E-state index contributed by atoms with van der Waals surface area (Å²) in [5.41, 5.74) is -2.82. The summed E-state index contributed by atoms with van der Waals surface area (Å²) in [7, 11) is 3.27. The Morgan fingerprint density at radius 1 is 1.24 bits per heavy atom. The van der Waals surface area contributed by atoms with E-state index in [-0.39, 0.29) is 28.7 Å². The highest BCUT2D eigenvalue weighted by Crippen LogP contribution is 2.34. The smallest absolute Gasteiger partial charge is 0.255 e. The number of nitrogens with zero attached hydrogens (tertiary/aromatic N) is 2. The summed E-state index contributed by atoms with van der Waals surface area (Å²) < 4.78 is 20.7. The maximum atomic E-state index is 15.3. The highest BCUT2D eigenvalue weighted by atomic mass is 19.1. The highest BCUT2D eigenvalue weighted by Gasteiger charge is 2.57. The third-order valence-corrected chi connectivity index (χ3v) is 7.55. The number of aliphatic hydroxyl groups is 5. The van der Waals surface area contributed by atoms with E-state index in [0.717, 1.165) is 7.85 Å². The van der Waals surface area contributed by atoms with Crippen molar-refractivity contribution >= 4 is 33.8 Å². The number of carbonyl (C=O) groups excluding carboxylic acids is 3. The van der Waals surface area contributed by atoms with Gasteiger partial charge in [0, 0.05) is 55.5 Å². The molecule has 13 nitrogen and oxygen atoms in total. The second kappa shape index (κ2) is 13.1. The third kappa shape index (κ3) is 6.52. The number of aldehydes is 1. The van der Waals surface area contributed by atoms with E-state index in [4.69, 9.17) is 4.74 Å². The van der Waals surface area contributed by atoms with Gasteiger partial charge in [-0.2, -0.15) is 0 Å². The topological polar surface area (TPSA) is 192 Å². The first-order chi connectivity index (χ1) is 19.7. The van der Waals surface area contributed by atoms with Crippen molar-refractivity contribution in [1.82, 2.24) is 20.4 Å². The van der Waals surface area contributed by atoms with Gasteiger partial charge in [0.2, 0.25) is 11.7 Å². The average Bonchev–Trinajstić information content (AvgIpc) is 3.29. The number of likely N-dealkylation sites (tertiary alicyclic amines) is 1. The zero-order chi connectivity index (χ0) is 31.4. The van der Waals surface area contributed by atoms with E-state index < -0.39 is 59.4 Å². The van der Waals surface area contributed by atoms with Gasteiger partial charge in [-0.1, -0.05) is 24.8 Å². The largest absolute Gasteiger partial charge is 0.509 e. The Hall–Kier alpha value is -3.69. The Labute approximate surface area is 243 Å². The fourth-order valence-corrected chi connectivity index (χ4v) is 4.86. The van der Waals surface area contributed by atoms with Gasteiger partial charge in [0.25, 0.3) is 5.91 Å². The SMILES string of the molecule is B/C(C(=C)O)=C1\C(=O)N(C(C(=O)NC)C(B)(O)C(O)(O)C=O)C\C1=C(\O)NCc1cccc(CN2CCOCC2)c1F. The molecule has 2 heterocycles. The molecule has 0 saturated carbocycles. The maximum Gasteiger partial charge on any atom is 0.255 e. The van der Waals surface area contributed by atoms with Crippen LogP contribution in [0.1, 0.15) is 11.1 Å². The predicted octanol–water partition coefficient (Wildman–Crippen LogP) is -3.37. The Kier molecular flexibility index (Phi) is 10.2. The molecule has 7 N–H and O–H groups in total. The van der Waals surface area contributed by atoms with Crippen LogP contribution >= 0.6 is 0 Å². The number of rotatable bonds is 11. The molecule has 16 heteroatoms. The average molecular weight is 588 g/mol. The fraction of sp³-hybridized carbons (Fsp3) is 0.423. The molecule has 0 bridgehead atoms. The van der Waals surface area contributed by atoms with Gasteiger partial charge in [-0.05, 0) is 5.47 Å². The van der Waals surface area contributed by atoms with E-state index in [1.165, 1.54) is 21.0 Å². The molecule has 2 amide bonds. The standard InChI is InChI=1S/C26H35B2FN4O9/c1-14(35)19(27)18-17(12-33(24(18)38)21(23(37)30-2)26(28,41)25(39,40)13-34)22(36)31-10-15-4-3-5-16(20(15)29)11-32-6-8-42-9-7-32/h3-5,13,21,31,35-36,39-41H,1,6-12,27-28H2,2H3,(H,30,37)/b19-18-,22-17-. The molecular formula is C26H35B2FN4O9. The van der Waals surface area contributed by atoms with Crippen molar-refractivity contribution in [2.75, 3.05) is 39.9 Å². The molecule has 226 valence electrons. The molecule has 2 unspecified atom stereocenters. The predicted molar refractivity (Wildman–Crippen MR) is 153 cm³/mol. The van der Waals surface area contributed by atoms with Crippen molar-refractivity contribution in [3.8, 4) is 0 Å². The summed E-state index contributed by atoms with van der Waals surface area (Å²) >= 11 is 0. The maximum absolute atomic E-state index is 15.3. The van der Waals surface area contributed by atoms with Gasteiger partial charge < -0.3 is 45.8 Å². The van der Waals surface area contributed by atoms with Crippen LogP contribution in [0.3, 0.4) is 0 Å². The minimum absolute atomic E-state index is 0.0884. The molecule has 0 aliphatic carbocycles. The van der Waals surface area contributed by atoms with Gasteiger partial charge in [-0.3, -0.25) is 19.3 Å². The zero-order valence-electron chi connectivity index (χ0n) is 23.7. The first-order valence-corrected chi connectivity index (χ1v) is 13.2. The number of amides is 2. The fourth-order valence-electron chi connectivity index (χ4n) is 4.86. The Morgan fingerprint density at radius 2 is 1.86 bits per heavy atom. The Bertz CT molecular complexity index is 1310. The number of aliphatic hydroxyl groups excluding tert-OH is 2. The van der Waals surface area contributed by atoms with E-state index >= 15 is 4.39 Å². The van der Waals surface area contributed by atoms with Crippen LogP contribution in [0.5, 0.6) is 0 Å². The summed E-state index contributed by atoms with van der Waals surface area (Å²) in [5.74, 6) is -7.15. The molecular weight excluding hydrogens is 553 g/mol. The van der Waals surface area contributed by atoms with Crippen molar-refractivity contribution < 1.29 is 49.0 Å². The third-order valence-electron chi connectivity index (χ3n) is 7.55. The van der Waals surface area contributed by atoms with Crippen molar-refractivity contribution in [3.05, 3.63) is 70.0 Å². The highest BCUT2D eigenvalue weighted by molar-refractivity contribution is 6.28. The zero-order valence-corrected chi connectivity index (χ0v) is 23.7. The van der Waals surface area contributed by atoms with Crippen LogP contribution < -0.4 is 10.6 Å². The number of ether oxygens (including phenoxy) is 1. The molecule has 0 aromatic heterocycles. The molecule has 42 heavy (non-hydrogen) atoms. The van der Waals surface area contributed by atoms with E-state index in [9.17, 15) is 39.9 Å². The summed E-state index contributed by atoms with van der Waals surface area (Å²) in [6.07, 6.45) is -0.390. The quantitative estimate of drug-likeness (QED) is 0.0449. The number of allylic oxidation sites excluding steroid dienone is 1. The van der Waals surface area contributed by atoms with Crippen LogP contribution in [0.4, 0.5) is 4.39 Å². The number of halogens is 1. The lowest BCUT2D eigenvalue weighted by Crippen LogP contribution is -2.71.